The molecule has 1 aliphatic carbocycles. The van der Waals surface area contributed by atoms with Crippen molar-refractivity contribution in [3.63, 3.8) is 0 Å². The summed E-state index contributed by atoms with van der Waals surface area (Å²) in [5, 5.41) is 0. The average Bonchev–Trinajstić information content (AvgIpc) is 3.20. The van der Waals surface area contributed by atoms with E-state index in [1.54, 1.807) is 29.2 Å². The third-order valence-electron chi connectivity index (χ3n) is 3.20. The predicted octanol–water partition coefficient (Wildman–Crippen LogP) is 2.34. The normalized spacial score (nSPS) is 15.0. The number of alkyl halides is 3. The largest absolute Gasteiger partial charge is 0.411 e. The molecule has 0 unspecified atom stereocenters. The number of hydrogen-bond donors (Lipinski definition) is 1. The van der Waals surface area contributed by atoms with Crippen molar-refractivity contribution in [3.05, 3.63) is 29.8 Å². The fourth-order valence-corrected chi connectivity index (χ4v) is 2.01. The number of anilines is 1. The molecule has 0 atom stereocenters. The number of carbonyl (C=O) groups is 1. The summed E-state index contributed by atoms with van der Waals surface area (Å²) < 4.78 is 40.5. The van der Waals surface area contributed by atoms with Crippen LogP contribution in [-0.2, 0) is 16.1 Å². The zero-order valence-electron chi connectivity index (χ0n) is 11.4. The molecule has 0 aromatic heterocycles. The van der Waals surface area contributed by atoms with Crippen LogP contribution in [0, 0.1) is 0 Å². The second-order valence-corrected chi connectivity index (χ2v) is 5.06. The molecule has 7 heteroatoms. The Bertz CT molecular complexity index is 501. The van der Waals surface area contributed by atoms with Crippen LogP contribution < -0.4 is 5.73 Å². The van der Waals surface area contributed by atoms with E-state index in [-0.39, 0.29) is 6.04 Å². The number of nitrogens with two attached hydrogens (primary N) is 1. The SMILES string of the molecule is Nc1ccccc1CN(C(=O)COCC(F)(F)F)C1CC1. The molecule has 2 rings (SSSR count). The fourth-order valence-electron chi connectivity index (χ4n) is 2.01. The molecule has 0 heterocycles. The summed E-state index contributed by atoms with van der Waals surface area (Å²) >= 11 is 0. The van der Waals surface area contributed by atoms with Crippen molar-refractivity contribution in [1.29, 1.82) is 0 Å². The molecular weight excluding hydrogens is 285 g/mol. The zero-order valence-corrected chi connectivity index (χ0v) is 11.4. The number of para-hydroxylation sites is 1. The maximum absolute atomic E-state index is 12.0. The third-order valence-corrected chi connectivity index (χ3v) is 3.20. The quantitative estimate of drug-likeness (QED) is 0.821. The van der Waals surface area contributed by atoms with Crippen LogP contribution in [0.1, 0.15) is 18.4 Å². The van der Waals surface area contributed by atoms with Gasteiger partial charge in [0.15, 0.2) is 0 Å². The first-order valence-electron chi connectivity index (χ1n) is 6.64. The van der Waals surface area contributed by atoms with E-state index < -0.39 is 25.3 Å². The van der Waals surface area contributed by atoms with Crippen LogP contribution in [0.15, 0.2) is 24.3 Å². The minimum absolute atomic E-state index is 0.0755. The minimum atomic E-state index is -4.42. The summed E-state index contributed by atoms with van der Waals surface area (Å²) in [4.78, 5) is 13.6. The summed E-state index contributed by atoms with van der Waals surface area (Å²) in [6.45, 7) is -1.68. The van der Waals surface area contributed by atoms with Crippen molar-refractivity contribution in [2.45, 2.75) is 31.6 Å². The summed E-state index contributed by atoms with van der Waals surface area (Å²) in [7, 11) is 0. The molecule has 0 radical (unpaired) electrons. The molecule has 4 nitrogen and oxygen atoms in total. The lowest BCUT2D eigenvalue weighted by Crippen LogP contribution is -2.36. The number of nitrogen functional groups attached to an aromatic ring is 1. The lowest BCUT2D eigenvalue weighted by atomic mass is 10.1. The van der Waals surface area contributed by atoms with E-state index in [0.717, 1.165) is 18.4 Å². The van der Waals surface area contributed by atoms with E-state index in [1.807, 2.05) is 0 Å². The van der Waals surface area contributed by atoms with Crippen LogP contribution in [0.4, 0.5) is 18.9 Å². The molecule has 116 valence electrons. The van der Waals surface area contributed by atoms with E-state index in [0.29, 0.717) is 12.2 Å². The lowest BCUT2D eigenvalue weighted by molar-refractivity contribution is -0.178. The first-order valence-corrected chi connectivity index (χ1v) is 6.64. The maximum Gasteiger partial charge on any atom is 0.411 e. The molecule has 0 saturated heterocycles. The molecule has 0 spiro atoms. The smallest absolute Gasteiger partial charge is 0.398 e. The summed E-state index contributed by atoms with van der Waals surface area (Å²) in [6, 6.07) is 7.20. The molecule has 1 fully saturated rings. The van der Waals surface area contributed by atoms with Gasteiger partial charge >= 0.3 is 6.18 Å². The van der Waals surface area contributed by atoms with E-state index in [2.05, 4.69) is 4.74 Å². The van der Waals surface area contributed by atoms with Crippen molar-refractivity contribution in [3.8, 4) is 0 Å². The number of carbonyl (C=O) groups excluding carboxylic acids is 1. The predicted molar refractivity (Wildman–Crippen MR) is 71.3 cm³/mol. The van der Waals surface area contributed by atoms with Crippen LogP contribution in [0.5, 0.6) is 0 Å². The molecule has 21 heavy (non-hydrogen) atoms. The Morgan fingerprint density at radius 1 is 1.33 bits per heavy atom. The van der Waals surface area contributed by atoms with Crippen molar-refractivity contribution in [2.75, 3.05) is 18.9 Å². The van der Waals surface area contributed by atoms with E-state index in [1.165, 1.54) is 0 Å². The van der Waals surface area contributed by atoms with E-state index in [9.17, 15) is 18.0 Å². The molecule has 1 amide bonds. The van der Waals surface area contributed by atoms with Crippen LogP contribution >= 0.6 is 0 Å². The molecule has 0 aliphatic heterocycles. The van der Waals surface area contributed by atoms with Gasteiger partial charge in [0.2, 0.25) is 5.91 Å². The Balaban J connectivity index is 1.93. The summed E-state index contributed by atoms with van der Waals surface area (Å²) in [5.74, 6) is -0.440. The Hall–Kier alpha value is -1.76. The first-order chi connectivity index (χ1) is 9.87. The summed E-state index contributed by atoms with van der Waals surface area (Å²) in [6.07, 6.45) is -2.70. The molecule has 1 aromatic rings. The van der Waals surface area contributed by atoms with Gasteiger partial charge in [-0.25, -0.2) is 0 Å². The van der Waals surface area contributed by atoms with Gasteiger partial charge in [-0.15, -0.1) is 0 Å². The Morgan fingerprint density at radius 2 is 2.00 bits per heavy atom. The number of amides is 1. The number of nitrogens with zero attached hydrogens (tertiary/aromatic N) is 1. The fraction of sp³-hybridized carbons (Fsp3) is 0.500. The standard InChI is InChI=1S/C14H17F3N2O2/c15-14(16,17)9-21-8-13(20)19(11-5-6-11)7-10-3-1-2-4-12(10)18/h1-4,11H,5-9,18H2. The topological polar surface area (TPSA) is 55.6 Å². The first kappa shape index (κ1) is 15.6. The van der Waals surface area contributed by atoms with Gasteiger partial charge < -0.3 is 15.4 Å². The number of halogens is 3. The number of ether oxygens (including phenoxy) is 1. The van der Waals surface area contributed by atoms with Crippen LogP contribution in [0.25, 0.3) is 0 Å². The highest BCUT2D eigenvalue weighted by Crippen LogP contribution is 2.29. The van der Waals surface area contributed by atoms with Gasteiger partial charge in [-0.3, -0.25) is 4.79 Å². The van der Waals surface area contributed by atoms with Gasteiger partial charge in [0.1, 0.15) is 13.2 Å². The Labute approximate surface area is 120 Å². The van der Waals surface area contributed by atoms with Gasteiger partial charge in [0.05, 0.1) is 0 Å². The number of rotatable bonds is 6. The number of hydrogen-bond acceptors (Lipinski definition) is 3. The second kappa shape index (κ2) is 6.34. The molecule has 0 bridgehead atoms. The molecular formula is C14H17F3N2O2. The second-order valence-electron chi connectivity index (χ2n) is 5.06. The highest BCUT2D eigenvalue weighted by atomic mass is 19.4. The number of benzene rings is 1. The van der Waals surface area contributed by atoms with Crippen molar-refractivity contribution < 1.29 is 22.7 Å². The van der Waals surface area contributed by atoms with Gasteiger partial charge in [-0.1, -0.05) is 18.2 Å². The maximum atomic E-state index is 12.0. The third kappa shape index (κ3) is 4.93. The minimum Gasteiger partial charge on any atom is -0.398 e. The van der Waals surface area contributed by atoms with Crippen LogP contribution in [0.2, 0.25) is 0 Å². The van der Waals surface area contributed by atoms with Crippen molar-refractivity contribution in [1.82, 2.24) is 4.90 Å². The average molecular weight is 302 g/mol. The zero-order chi connectivity index (χ0) is 15.5. The Morgan fingerprint density at radius 3 is 2.57 bits per heavy atom. The highest BCUT2D eigenvalue weighted by molar-refractivity contribution is 5.78. The van der Waals surface area contributed by atoms with Gasteiger partial charge in [-0.2, -0.15) is 13.2 Å². The molecule has 1 aliphatic rings. The molecule has 2 N–H and O–H groups in total. The highest BCUT2D eigenvalue weighted by Gasteiger charge is 2.34. The van der Waals surface area contributed by atoms with E-state index >= 15 is 0 Å². The monoisotopic (exact) mass is 302 g/mol. The lowest BCUT2D eigenvalue weighted by Gasteiger charge is -2.23. The van der Waals surface area contributed by atoms with Gasteiger partial charge in [0, 0.05) is 18.3 Å². The van der Waals surface area contributed by atoms with Gasteiger partial charge in [-0.05, 0) is 24.5 Å². The molecule has 1 saturated carbocycles. The van der Waals surface area contributed by atoms with Gasteiger partial charge in [0.25, 0.3) is 0 Å². The molecule has 1 aromatic carbocycles. The Kier molecular flexibility index (Phi) is 4.72. The van der Waals surface area contributed by atoms with Crippen molar-refractivity contribution >= 4 is 11.6 Å². The van der Waals surface area contributed by atoms with Crippen molar-refractivity contribution in [2.24, 2.45) is 0 Å². The van der Waals surface area contributed by atoms with Crippen LogP contribution in [-0.4, -0.2) is 36.2 Å². The summed E-state index contributed by atoms with van der Waals surface area (Å²) in [5.41, 5.74) is 7.18. The van der Waals surface area contributed by atoms with Crippen LogP contribution in [0.3, 0.4) is 0 Å². The van der Waals surface area contributed by atoms with E-state index in [4.69, 9.17) is 5.73 Å².